The molecule has 0 aliphatic heterocycles. The second-order valence-electron chi connectivity index (χ2n) is 10.4. The molecule has 0 N–H and O–H groups in total. The Morgan fingerprint density at radius 3 is 1.12 bits per heavy atom. The van der Waals surface area contributed by atoms with Gasteiger partial charge in [-0.25, -0.2) is 0 Å². The Morgan fingerprint density at radius 2 is 0.824 bits per heavy atom. The van der Waals surface area contributed by atoms with Gasteiger partial charge in [0.05, 0.1) is 20.6 Å². The molecule has 0 saturated carbocycles. The van der Waals surface area contributed by atoms with Gasteiger partial charge in [-0.05, 0) is 40.5 Å². The van der Waals surface area contributed by atoms with E-state index in [0.717, 1.165) is 11.0 Å². The van der Waals surface area contributed by atoms with Crippen LogP contribution in [0.2, 0.25) is 0 Å². The summed E-state index contributed by atoms with van der Waals surface area (Å²) in [4.78, 5) is 0. The fraction of sp³-hybridized carbons (Fsp3) is 1.00. The average molecular weight is 524 g/mol. The highest BCUT2D eigenvalue weighted by atomic mass is 35.5. The van der Waals surface area contributed by atoms with Crippen LogP contribution in [0.25, 0.3) is 0 Å². The van der Waals surface area contributed by atoms with E-state index in [1.165, 1.54) is 103 Å². The molecular weight excluding hydrogens is 462 g/mol. The predicted molar refractivity (Wildman–Crippen MR) is 147 cm³/mol. The highest BCUT2D eigenvalue weighted by Crippen LogP contribution is 2.24. The highest BCUT2D eigenvalue weighted by Gasteiger charge is 2.55. The Morgan fingerprint density at radius 1 is 0.529 bits per heavy atom. The molecule has 0 spiro atoms. The summed E-state index contributed by atoms with van der Waals surface area (Å²) in [6, 6.07) is 0. The molecule has 1 unspecified atom stereocenters. The molecule has 4 nitrogen and oxygen atoms in total. The number of halogens is 1. The summed E-state index contributed by atoms with van der Waals surface area (Å²) in [5, 5.41) is 0. The molecule has 0 aromatic rings. The number of hydrogen-bond acceptors (Lipinski definition) is 3. The zero-order chi connectivity index (χ0) is 24.8. The lowest BCUT2D eigenvalue weighted by Crippen LogP contribution is -3.00. The van der Waals surface area contributed by atoms with Crippen LogP contribution in [0.15, 0.2) is 0 Å². The molecule has 0 aromatic heterocycles. The van der Waals surface area contributed by atoms with Crippen LogP contribution >= 0.6 is 0 Å². The van der Waals surface area contributed by atoms with Crippen LogP contribution in [-0.2, 0) is 13.3 Å². The summed E-state index contributed by atoms with van der Waals surface area (Å²) >= 11 is 0. The van der Waals surface area contributed by atoms with Gasteiger partial charge in [0.25, 0.3) is 0 Å². The molecule has 0 amide bonds. The number of rotatable bonds is 25. The van der Waals surface area contributed by atoms with Gasteiger partial charge in [-0.15, -0.1) is 0 Å². The lowest BCUT2D eigenvalue weighted by Gasteiger charge is -2.43. The molecule has 0 aliphatic carbocycles. The van der Waals surface area contributed by atoms with Gasteiger partial charge in [0.15, 0.2) is 5.67 Å². The van der Waals surface area contributed by atoms with E-state index in [9.17, 15) is 0 Å². The van der Waals surface area contributed by atoms with Gasteiger partial charge in [0, 0.05) is 19.8 Å². The molecule has 1 atom stereocenters. The van der Waals surface area contributed by atoms with Crippen LogP contribution in [0.3, 0.4) is 0 Å². The summed E-state index contributed by atoms with van der Waals surface area (Å²) in [6.45, 7) is 13.8. The van der Waals surface area contributed by atoms with Crippen molar-refractivity contribution < 1.29 is 30.2 Å². The van der Waals surface area contributed by atoms with Crippen LogP contribution in [0.5, 0.6) is 0 Å². The third-order valence-electron chi connectivity index (χ3n) is 7.18. The maximum atomic E-state index is 6.17. The predicted octanol–water partition coefficient (Wildman–Crippen LogP) is 5.30. The first-order valence-electron chi connectivity index (χ1n) is 14.6. The van der Waals surface area contributed by atoms with Crippen molar-refractivity contribution in [3.05, 3.63) is 0 Å². The van der Waals surface area contributed by atoms with E-state index in [1.807, 2.05) is 20.8 Å². The van der Waals surface area contributed by atoms with Crippen LogP contribution in [0.4, 0.5) is 0 Å². The van der Waals surface area contributed by atoms with Gasteiger partial charge in [0.1, 0.15) is 0 Å². The van der Waals surface area contributed by atoms with Crippen LogP contribution in [0.1, 0.15) is 137 Å². The lowest BCUT2D eigenvalue weighted by atomic mass is 10.0. The molecule has 0 aromatic carbocycles. The first-order valence-corrected chi connectivity index (χ1v) is 16.4. The summed E-state index contributed by atoms with van der Waals surface area (Å²) in [5.74, 6) is 0. The zero-order valence-corrected chi connectivity index (χ0v) is 26.0. The molecule has 6 heteroatoms. The Balaban J connectivity index is 0. The van der Waals surface area contributed by atoms with Crippen molar-refractivity contribution >= 4 is 8.80 Å². The Labute approximate surface area is 222 Å². The molecule has 0 heterocycles. The van der Waals surface area contributed by atoms with Gasteiger partial charge in [0.2, 0.25) is 0 Å². The van der Waals surface area contributed by atoms with Gasteiger partial charge >= 0.3 is 8.80 Å². The summed E-state index contributed by atoms with van der Waals surface area (Å²) in [5.41, 5.74) is 0.244. The SMILES string of the molecule is CCCCCCCCCCCCCCCCCC[N+](C)(C)C(C)[Si](OCC)(OCC)OCC.[Cl-]. The lowest BCUT2D eigenvalue weighted by molar-refractivity contribution is -0.904. The van der Waals surface area contributed by atoms with Gasteiger partial charge in [-0.3, -0.25) is 0 Å². The van der Waals surface area contributed by atoms with Crippen LogP contribution < -0.4 is 12.4 Å². The minimum atomic E-state index is -2.67. The van der Waals surface area contributed by atoms with Gasteiger partial charge in [-0.1, -0.05) is 96.8 Å². The highest BCUT2D eigenvalue weighted by molar-refractivity contribution is 6.62. The van der Waals surface area contributed by atoms with E-state index in [2.05, 4.69) is 27.9 Å². The van der Waals surface area contributed by atoms with Crippen molar-refractivity contribution in [1.82, 2.24) is 0 Å². The number of nitrogens with zero attached hydrogens (tertiary/aromatic N) is 1. The van der Waals surface area contributed by atoms with Crippen molar-refractivity contribution in [3.8, 4) is 0 Å². The largest absolute Gasteiger partial charge is 1.00 e. The Kier molecular flexibility index (Phi) is 25.5. The molecule has 34 heavy (non-hydrogen) atoms. The van der Waals surface area contributed by atoms with E-state index in [-0.39, 0.29) is 18.1 Å². The topological polar surface area (TPSA) is 27.7 Å². The van der Waals surface area contributed by atoms with Crippen molar-refractivity contribution in [2.75, 3.05) is 40.5 Å². The second kappa shape index (κ2) is 23.7. The van der Waals surface area contributed by atoms with Crippen molar-refractivity contribution in [3.63, 3.8) is 0 Å². The molecule has 0 rings (SSSR count). The maximum Gasteiger partial charge on any atom is 0.562 e. The average Bonchev–Trinajstić information content (AvgIpc) is 2.78. The van der Waals surface area contributed by atoms with E-state index in [4.69, 9.17) is 13.3 Å². The van der Waals surface area contributed by atoms with Crippen molar-refractivity contribution in [1.29, 1.82) is 0 Å². The molecule has 208 valence electrons. The molecule has 0 fully saturated rings. The van der Waals surface area contributed by atoms with E-state index in [0.29, 0.717) is 19.8 Å². The van der Waals surface area contributed by atoms with Crippen molar-refractivity contribution in [2.45, 2.75) is 143 Å². The fourth-order valence-corrected chi connectivity index (χ4v) is 7.95. The smallest absolute Gasteiger partial charge is 0.562 e. The number of hydrogen-bond donors (Lipinski definition) is 0. The fourth-order valence-electron chi connectivity index (χ4n) is 4.78. The molecule has 0 aliphatic rings. The molecule has 0 radical (unpaired) electrons. The molecular formula is C28H62ClNO3Si. The van der Waals surface area contributed by atoms with Gasteiger partial charge in [-0.2, -0.15) is 0 Å². The molecule has 0 saturated heterocycles. The third-order valence-corrected chi connectivity index (χ3v) is 11.0. The number of unbranched alkanes of at least 4 members (excludes halogenated alkanes) is 15. The zero-order valence-electron chi connectivity index (χ0n) is 24.3. The standard InChI is InChI=1S/C28H62NO3Si.ClH/c1-8-12-13-14-15-16-17-18-19-20-21-22-23-24-25-26-27-29(6,7)28(5)33(30-9-2,31-10-3)32-11-4;/h28H,8-27H2,1-7H3;1H/q+1;/p-1. The summed E-state index contributed by atoms with van der Waals surface area (Å²) < 4.78 is 19.4. The Bertz CT molecular complexity index is 409. The van der Waals surface area contributed by atoms with E-state index >= 15 is 0 Å². The molecule has 0 bridgehead atoms. The van der Waals surface area contributed by atoms with Gasteiger partial charge < -0.3 is 30.2 Å². The quantitative estimate of drug-likeness (QED) is 0.0922. The normalized spacial score (nSPS) is 13.1. The van der Waals surface area contributed by atoms with Crippen molar-refractivity contribution in [2.24, 2.45) is 0 Å². The van der Waals surface area contributed by atoms with Crippen LogP contribution in [-0.4, -0.2) is 59.4 Å². The monoisotopic (exact) mass is 523 g/mol. The first kappa shape index (κ1) is 36.5. The summed E-state index contributed by atoms with van der Waals surface area (Å²) in [7, 11) is 1.96. The maximum absolute atomic E-state index is 6.17. The second-order valence-corrected chi connectivity index (χ2v) is 13.3. The van der Waals surface area contributed by atoms with E-state index < -0.39 is 8.80 Å². The number of quaternary nitrogens is 1. The van der Waals surface area contributed by atoms with Crippen LogP contribution in [0, 0.1) is 0 Å². The Hall–Kier alpha value is 0.347. The first-order chi connectivity index (χ1) is 15.9. The summed E-state index contributed by atoms with van der Waals surface area (Å²) in [6.07, 6.45) is 22.6. The minimum Gasteiger partial charge on any atom is -1.00 e. The van der Waals surface area contributed by atoms with E-state index in [1.54, 1.807) is 0 Å². The minimum absolute atomic E-state index is 0. The third kappa shape index (κ3) is 16.9.